The number of nitrogens with zero attached hydrogens (tertiary/aromatic N) is 1. The molecule has 0 saturated carbocycles. The highest BCUT2D eigenvalue weighted by Crippen LogP contribution is 2.26. The molecule has 0 aliphatic heterocycles. The Kier molecular flexibility index (Phi) is 6.44. The minimum Gasteiger partial charge on any atom is -0.484 e. The Hall–Kier alpha value is -5.62. The number of ether oxygens (including phenoxy) is 1. The zero-order chi connectivity index (χ0) is 26.6. The van der Waals surface area contributed by atoms with Gasteiger partial charge in [-0.2, -0.15) is 5.26 Å². The molecule has 5 aromatic rings. The third-order valence-electron chi connectivity index (χ3n) is 5.89. The quantitative estimate of drug-likeness (QED) is 0.241. The molecule has 186 valence electrons. The average Bonchev–Trinajstić information content (AvgIpc) is 3.38. The number of aromatic amines is 1. The number of H-pyrrole nitrogens is 1. The van der Waals surface area contributed by atoms with Crippen LogP contribution in [0.15, 0.2) is 84.9 Å². The summed E-state index contributed by atoms with van der Waals surface area (Å²) in [6, 6.07) is 26.1. The highest BCUT2D eigenvalue weighted by Gasteiger charge is 2.17. The number of carbonyl (C=O) groups is 3. The molecule has 0 bridgehead atoms. The van der Waals surface area contributed by atoms with Crippen molar-refractivity contribution in [1.82, 2.24) is 4.98 Å². The topological polar surface area (TPSA) is 144 Å². The summed E-state index contributed by atoms with van der Waals surface area (Å²) in [5, 5.41) is 26.6. The lowest BCUT2D eigenvalue weighted by Gasteiger charge is -2.09. The van der Waals surface area contributed by atoms with Crippen molar-refractivity contribution >= 4 is 50.8 Å². The Morgan fingerprint density at radius 1 is 0.842 bits per heavy atom. The Labute approximate surface area is 216 Å². The molecule has 38 heavy (non-hydrogen) atoms. The maximum Gasteiger partial charge on any atom is 0.337 e. The summed E-state index contributed by atoms with van der Waals surface area (Å²) in [5.74, 6) is -1.66. The fourth-order valence-corrected chi connectivity index (χ4v) is 4.06. The zero-order valence-electron chi connectivity index (χ0n) is 19.8. The molecular weight excluding hydrogens is 484 g/mol. The monoisotopic (exact) mass is 504 g/mol. The van der Waals surface area contributed by atoms with Crippen molar-refractivity contribution in [3.05, 3.63) is 102 Å². The zero-order valence-corrected chi connectivity index (χ0v) is 19.8. The van der Waals surface area contributed by atoms with E-state index in [0.717, 1.165) is 10.8 Å². The van der Waals surface area contributed by atoms with Gasteiger partial charge in [0.15, 0.2) is 6.61 Å². The Morgan fingerprint density at radius 2 is 1.63 bits per heavy atom. The van der Waals surface area contributed by atoms with Gasteiger partial charge in [-0.15, -0.1) is 0 Å². The maximum atomic E-state index is 12.9. The molecule has 1 heterocycles. The minimum absolute atomic E-state index is 0.0551. The van der Waals surface area contributed by atoms with Crippen molar-refractivity contribution in [2.45, 2.75) is 0 Å². The molecule has 0 aliphatic rings. The van der Waals surface area contributed by atoms with E-state index in [1.807, 2.05) is 42.5 Å². The number of benzene rings is 4. The predicted molar refractivity (Wildman–Crippen MR) is 142 cm³/mol. The van der Waals surface area contributed by atoms with Gasteiger partial charge in [0.2, 0.25) is 0 Å². The van der Waals surface area contributed by atoms with Crippen LogP contribution in [-0.2, 0) is 4.79 Å². The standard InChI is InChI=1S/C29H20N4O5/c30-15-17-8-11-23(22(12-17)29(36)37)33-28(35)25-14-20-6-3-7-24(27(20)32-25)31-26(34)16-38-21-10-9-18-4-1-2-5-19(18)13-21/h1-14,32H,16H2,(H,31,34)(H,33,35)(H,36,37). The molecule has 0 spiro atoms. The minimum atomic E-state index is -1.27. The van der Waals surface area contributed by atoms with Crippen LogP contribution in [0, 0.1) is 11.3 Å². The first kappa shape index (κ1) is 24.1. The Morgan fingerprint density at radius 3 is 2.42 bits per heavy atom. The molecular formula is C29H20N4O5. The molecule has 0 saturated heterocycles. The maximum absolute atomic E-state index is 12.9. The van der Waals surface area contributed by atoms with Crippen LogP contribution in [0.4, 0.5) is 11.4 Å². The van der Waals surface area contributed by atoms with Crippen LogP contribution in [0.5, 0.6) is 5.75 Å². The first-order chi connectivity index (χ1) is 18.4. The number of anilines is 2. The number of amides is 2. The van der Waals surface area contributed by atoms with E-state index in [9.17, 15) is 19.5 Å². The summed E-state index contributed by atoms with van der Waals surface area (Å²) in [4.78, 5) is 40.1. The number of nitriles is 1. The smallest absolute Gasteiger partial charge is 0.337 e. The van der Waals surface area contributed by atoms with Crippen molar-refractivity contribution in [3.8, 4) is 11.8 Å². The van der Waals surface area contributed by atoms with E-state index in [1.165, 1.54) is 18.2 Å². The van der Waals surface area contributed by atoms with E-state index >= 15 is 0 Å². The fraction of sp³-hybridized carbons (Fsp3) is 0.0345. The van der Waals surface area contributed by atoms with Gasteiger partial charge in [0.05, 0.1) is 34.1 Å². The second kappa shape index (κ2) is 10.2. The number of hydrogen-bond donors (Lipinski definition) is 4. The van der Waals surface area contributed by atoms with Crippen LogP contribution in [0.2, 0.25) is 0 Å². The molecule has 0 atom stereocenters. The first-order valence-electron chi connectivity index (χ1n) is 11.5. The van der Waals surface area contributed by atoms with Crippen molar-refractivity contribution in [2.24, 2.45) is 0 Å². The third-order valence-corrected chi connectivity index (χ3v) is 5.89. The largest absolute Gasteiger partial charge is 0.484 e. The van der Waals surface area contributed by atoms with Gasteiger partial charge < -0.3 is 25.5 Å². The van der Waals surface area contributed by atoms with Gasteiger partial charge in [-0.25, -0.2) is 4.79 Å². The molecule has 5 rings (SSSR count). The van der Waals surface area contributed by atoms with Crippen LogP contribution in [-0.4, -0.2) is 34.5 Å². The molecule has 0 unspecified atom stereocenters. The number of hydrogen-bond acceptors (Lipinski definition) is 5. The van der Waals surface area contributed by atoms with Gasteiger partial charge in [0.1, 0.15) is 11.4 Å². The van der Waals surface area contributed by atoms with Gasteiger partial charge in [-0.05, 0) is 53.2 Å². The number of aromatic nitrogens is 1. The van der Waals surface area contributed by atoms with Crippen molar-refractivity contribution in [1.29, 1.82) is 5.26 Å². The van der Waals surface area contributed by atoms with Crippen molar-refractivity contribution in [3.63, 3.8) is 0 Å². The molecule has 0 radical (unpaired) electrons. The third kappa shape index (κ3) is 5.01. The van der Waals surface area contributed by atoms with Crippen LogP contribution in [0.1, 0.15) is 26.4 Å². The molecule has 4 N–H and O–H groups in total. The van der Waals surface area contributed by atoms with E-state index in [0.29, 0.717) is 22.3 Å². The number of carboxylic acids is 1. The van der Waals surface area contributed by atoms with E-state index in [2.05, 4.69) is 15.6 Å². The van der Waals surface area contributed by atoms with E-state index in [4.69, 9.17) is 10.00 Å². The van der Waals surface area contributed by atoms with Crippen LogP contribution < -0.4 is 15.4 Å². The number of carboxylic acid groups (broad SMARTS) is 1. The summed E-state index contributed by atoms with van der Waals surface area (Å²) in [7, 11) is 0. The summed E-state index contributed by atoms with van der Waals surface area (Å²) >= 11 is 0. The molecule has 4 aromatic carbocycles. The predicted octanol–water partition coefficient (Wildman–Crippen LogP) is 5.16. The van der Waals surface area contributed by atoms with Gasteiger partial charge in [0.25, 0.3) is 11.8 Å². The summed E-state index contributed by atoms with van der Waals surface area (Å²) in [6.45, 7) is -0.209. The number of rotatable bonds is 7. The Bertz CT molecular complexity index is 1770. The molecule has 1 aromatic heterocycles. The van der Waals surface area contributed by atoms with Gasteiger partial charge >= 0.3 is 5.97 Å². The normalized spacial score (nSPS) is 10.6. The molecule has 0 fully saturated rings. The number of nitrogens with one attached hydrogen (secondary N) is 3. The average molecular weight is 505 g/mol. The Balaban J connectivity index is 1.30. The fourth-order valence-electron chi connectivity index (χ4n) is 4.06. The molecule has 9 heteroatoms. The summed E-state index contributed by atoms with van der Waals surface area (Å²) in [5.41, 5.74) is 1.16. The van der Waals surface area contributed by atoms with Gasteiger partial charge in [-0.3, -0.25) is 9.59 Å². The van der Waals surface area contributed by atoms with Crippen molar-refractivity contribution < 1.29 is 24.2 Å². The number of aromatic carboxylic acids is 1. The SMILES string of the molecule is N#Cc1ccc(NC(=O)c2cc3cccc(NC(=O)COc4ccc5ccccc5c4)c3[nH]2)c(C(=O)O)c1. The van der Waals surface area contributed by atoms with E-state index in [1.54, 1.807) is 30.3 Å². The number of para-hydroxylation sites is 1. The molecule has 0 aliphatic carbocycles. The highest BCUT2D eigenvalue weighted by molar-refractivity contribution is 6.10. The van der Waals surface area contributed by atoms with Crippen molar-refractivity contribution in [2.75, 3.05) is 17.2 Å². The van der Waals surface area contributed by atoms with Gasteiger partial charge in [-0.1, -0.05) is 42.5 Å². The van der Waals surface area contributed by atoms with E-state index in [-0.39, 0.29) is 35.0 Å². The van der Waals surface area contributed by atoms with Crippen LogP contribution in [0.25, 0.3) is 21.7 Å². The molecule has 9 nitrogen and oxygen atoms in total. The summed E-state index contributed by atoms with van der Waals surface area (Å²) < 4.78 is 5.66. The second-order valence-electron chi connectivity index (χ2n) is 8.43. The lowest BCUT2D eigenvalue weighted by Crippen LogP contribution is -2.20. The lowest BCUT2D eigenvalue weighted by molar-refractivity contribution is -0.118. The van der Waals surface area contributed by atoms with E-state index < -0.39 is 11.9 Å². The lowest BCUT2D eigenvalue weighted by atomic mass is 10.1. The second-order valence-corrected chi connectivity index (χ2v) is 8.43. The number of carbonyl (C=O) groups excluding carboxylic acids is 2. The highest BCUT2D eigenvalue weighted by atomic mass is 16.5. The summed E-state index contributed by atoms with van der Waals surface area (Å²) in [6.07, 6.45) is 0. The molecule has 2 amide bonds. The van der Waals surface area contributed by atoms with Crippen LogP contribution in [0.3, 0.4) is 0 Å². The number of fused-ring (bicyclic) bond motifs is 2. The first-order valence-corrected chi connectivity index (χ1v) is 11.5. The van der Waals surface area contributed by atoms with Gasteiger partial charge in [0, 0.05) is 5.39 Å². The van der Waals surface area contributed by atoms with Crippen LogP contribution >= 0.6 is 0 Å².